The van der Waals surface area contributed by atoms with E-state index in [-0.39, 0.29) is 6.10 Å². The summed E-state index contributed by atoms with van der Waals surface area (Å²) in [7, 11) is 0. The molecule has 3 rings (SSSR count). The summed E-state index contributed by atoms with van der Waals surface area (Å²) in [6, 6.07) is 12.8. The second kappa shape index (κ2) is 5.68. The average Bonchev–Trinajstić information content (AvgIpc) is 2.45. The molecule has 1 saturated carbocycles. The number of aliphatic hydroxyl groups is 1. The number of aromatic nitrogens is 1. The molecule has 19 heavy (non-hydrogen) atoms. The molecule has 2 aromatic rings. The molecule has 2 N–H and O–H groups in total. The molecule has 1 aliphatic rings. The van der Waals surface area contributed by atoms with Gasteiger partial charge in [-0.1, -0.05) is 24.3 Å². The highest BCUT2D eigenvalue weighted by molar-refractivity contribution is 5.78. The predicted octanol–water partition coefficient (Wildman–Crippen LogP) is 2.63. The molecule has 0 radical (unpaired) electrons. The minimum atomic E-state index is -0.129. The highest BCUT2D eigenvalue weighted by Gasteiger charge is 2.19. The SMILES string of the molecule is OC1CCCC(NCc2ccc3ccccc3n2)C1. The van der Waals surface area contributed by atoms with Crippen LogP contribution < -0.4 is 5.32 Å². The average molecular weight is 256 g/mol. The number of rotatable bonds is 3. The van der Waals surface area contributed by atoms with Crippen molar-refractivity contribution in [1.82, 2.24) is 10.3 Å². The first-order valence-electron chi connectivity index (χ1n) is 7.07. The van der Waals surface area contributed by atoms with Crippen LogP contribution in [0, 0.1) is 0 Å². The topological polar surface area (TPSA) is 45.1 Å². The minimum Gasteiger partial charge on any atom is -0.393 e. The Hall–Kier alpha value is -1.45. The van der Waals surface area contributed by atoms with Crippen LogP contribution in [0.5, 0.6) is 0 Å². The molecule has 0 saturated heterocycles. The lowest BCUT2D eigenvalue weighted by atomic mass is 9.93. The molecule has 1 fully saturated rings. The van der Waals surface area contributed by atoms with E-state index in [1.54, 1.807) is 0 Å². The van der Waals surface area contributed by atoms with Crippen molar-refractivity contribution in [3.63, 3.8) is 0 Å². The summed E-state index contributed by atoms with van der Waals surface area (Å²) in [5.41, 5.74) is 2.12. The lowest BCUT2D eigenvalue weighted by Gasteiger charge is -2.26. The van der Waals surface area contributed by atoms with Crippen LogP contribution in [0.3, 0.4) is 0 Å². The number of para-hydroxylation sites is 1. The van der Waals surface area contributed by atoms with E-state index in [1.807, 2.05) is 18.2 Å². The van der Waals surface area contributed by atoms with Gasteiger partial charge in [-0.3, -0.25) is 4.98 Å². The van der Waals surface area contributed by atoms with Crippen LogP contribution >= 0.6 is 0 Å². The van der Waals surface area contributed by atoms with Crippen LogP contribution in [0.2, 0.25) is 0 Å². The highest BCUT2D eigenvalue weighted by Crippen LogP contribution is 2.19. The summed E-state index contributed by atoms with van der Waals surface area (Å²) in [6.07, 6.45) is 3.96. The van der Waals surface area contributed by atoms with E-state index < -0.39 is 0 Å². The Bertz CT molecular complexity index is 555. The number of nitrogens with zero attached hydrogens (tertiary/aromatic N) is 1. The van der Waals surface area contributed by atoms with E-state index in [0.717, 1.165) is 43.4 Å². The maximum absolute atomic E-state index is 9.66. The molecular weight excluding hydrogens is 236 g/mol. The quantitative estimate of drug-likeness (QED) is 0.887. The fourth-order valence-corrected chi connectivity index (χ4v) is 2.80. The van der Waals surface area contributed by atoms with Crippen molar-refractivity contribution in [3.8, 4) is 0 Å². The van der Waals surface area contributed by atoms with E-state index in [1.165, 1.54) is 5.39 Å². The van der Waals surface area contributed by atoms with Crippen molar-refractivity contribution in [2.45, 2.75) is 44.4 Å². The zero-order valence-corrected chi connectivity index (χ0v) is 11.0. The Labute approximate surface area is 113 Å². The molecule has 2 unspecified atom stereocenters. The highest BCUT2D eigenvalue weighted by atomic mass is 16.3. The van der Waals surface area contributed by atoms with E-state index in [0.29, 0.717) is 6.04 Å². The monoisotopic (exact) mass is 256 g/mol. The Morgan fingerprint density at radius 2 is 2.05 bits per heavy atom. The molecule has 1 heterocycles. The maximum Gasteiger partial charge on any atom is 0.0705 e. The first-order valence-corrected chi connectivity index (χ1v) is 7.07. The second-order valence-electron chi connectivity index (χ2n) is 5.39. The largest absolute Gasteiger partial charge is 0.393 e. The normalized spacial score (nSPS) is 23.6. The fourth-order valence-electron chi connectivity index (χ4n) is 2.80. The van der Waals surface area contributed by atoms with Gasteiger partial charge in [-0.05, 0) is 37.8 Å². The van der Waals surface area contributed by atoms with Gasteiger partial charge in [0.15, 0.2) is 0 Å². The van der Waals surface area contributed by atoms with Crippen LogP contribution in [0.4, 0.5) is 0 Å². The standard InChI is InChI=1S/C16H20N2O/c19-15-6-3-5-13(10-15)17-11-14-9-8-12-4-1-2-7-16(12)18-14/h1-2,4,7-9,13,15,17,19H,3,5-6,10-11H2. The molecule has 0 bridgehead atoms. The fraction of sp³-hybridized carbons (Fsp3) is 0.438. The van der Waals surface area contributed by atoms with Gasteiger partial charge in [-0.2, -0.15) is 0 Å². The molecule has 3 nitrogen and oxygen atoms in total. The molecule has 1 aliphatic carbocycles. The van der Waals surface area contributed by atoms with E-state index >= 15 is 0 Å². The Kier molecular flexibility index (Phi) is 3.76. The van der Waals surface area contributed by atoms with Crippen molar-refractivity contribution < 1.29 is 5.11 Å². The Morgan fingerprint density at radius 1 is 1.16 bits per heavy atom. The molecule has 100 valence electrons. The van der Waals surface area contributed by atoms with Gasteiger partial charge < -0.3 is 10.4 Å². The summed E-state index contributed by atoms with van der Waals surface area (Å²) < 4.78 is 0. The molecule has 0 spiro atoms. The lowest BCUT2D eigenvalue weighted by molar-refractivity contribution is 0.111. The number of hydrogen-bond donors (Lipinski definition) is 2. The molecule has 0 amide bonds. The van der Waals surface area contributed by atoms with Gasteiger partial charge in [0, 0.05) is 18.0 Å². The Morgan fingerprint density at radius 3 is 2.95 bits per heavy atom. The molecule has 1 aromatic carbocycles. The second-order valence-corrected chi connectivity index (χ2v) is 5.39. The van der Waals surface area contributed by atoms with Crippen molar-refractivity contribution in [3.05, 3.63) is 42.1 Å². The molecule has 0 aliphatic heterocycles. The summed E-state index contributed by atoms with van der Waals surface area (Å²) in [5.74, 6) is 0. The lowest BCUT2D eigenvalue weighted by Crippen LogP contribution is -2.35. The van der Waals surface area contributed by atoms with Gasteiger partial charge in [0.1, 0.15) is 0 Å². The van der Waals surface area contributed by atoms with E-state index in [4.69, 9.17) is 0 Å². The van der Waals surface area contributed by atoms with Crippen LogP contribution in [-0.4, -0.2) is 22.2 Å². The molecule has 3 heteroatoms. The zero-order valence-electron chi connectivity index (χ0n) is 11.0. The van der Waals surface area contributed by atoms with Gasteiger partial charge >= 0.3 is 0 Å². The predicted molar refractivity (Wildman–Crippen MR) is 76.8 cm³/mol. The third-order valence-electron chi connectivity index (χ3n) is 3.87. The van der Waals surface area contributed by atoms with Crippen molar-refractivity contribution in [2.24, 2.45) is 0 Å². The van der Waals surface area contributed by atoms with Gasteiger partial charge in [0.05, 0.1) is 17.3 Å². The van der Waals surface area contributed by atoms with Crippen molar-refractivity contribution >= 4 is 10.9 Å². The smallest absolute Gasteiger partial charge is 0.0705 e. The maximum atomic E-state index is 9.66. The van der Waals surface area contributed by atoms with Gasteiger partial charge in [-0.25, -0.2) is 0 Å². The summed E-state index contributed by atoms with van der Waals surface area (Å²) in [6.45, 7) is 0.780. The molecule has 1 aromatic heterocycles. The van der Waals surface area contributed by atoms with Gasteiger partial charge in [0.2, 0.25) is 0 Å². The first-order chi connectivity index (χ1) is 9.31. The number of pyridine rings is 1. The number of benzene rings is 1. The van der Waals surface area contributed by atoms with Crippen LogP contribution in [0.25, 0.3) is 10.9 Å². The Balaban J connectivity index is 1.64. The van der Waals surface area contributed by atoms with Crippen LogP contribution in [-0.2, 0) is 6.54 Å². The van der Waals surface area contributed by atoms with Crippen LogP contribution in [0.15, 0.2) is 36.4 Å². The summed E-state index contributed by atoms with van der Waals surface area (Å²) in [4.78, 5) is 4.65. The number of fused-ring (bicyclic) bond motifs is 1. The van der Waals surface area contributed by atoms with Gasteiger partial charge in [0.25, 0.3) is 0 Å². The first kappa shape index (κ1) is 12.6. The number of aliphatic hydroxyl groups excluding tert-OH is 1. The number of hydrogen-bond acceptors (Lipinski definition) is 3. The van der Waals surface area contributed by atoms with E-state index in [2.05, 4.69) is 28.5 Å². The molecule has 2 atom stereocenters. The third-order valence-corrected chi connectivity index (χ3v) is 3.87. The summed E-state index contributed by atoms with van der Waals surface area (Å²) in [5, 5.41) is 14.4. The van der Waals surface area contributed by atoms with Crippen molar-refractivity contribution in [1.29, 1.82) is 0 Å². The van der Waals surface area contributed by atoms with Crippen LogP contribution in [0.1, 0.15) is 31.4 Å². The minimum absolute atomic E-state index is 0.129. The third kappa shape index (κ3) is 3.11. The van der Waals surface area contributed by atoms with Gasteiger partial charge in [-0.15, -0.1) is 0 Å². The number of nitrogens with one attached hydrogen (secondary N) is 1. The summed E-state index contributed by atoms with van der Waals surface area (Å²) >= 11 is 0. The molecular formula is C16H20N2O. The zero-order chi connectivity index (χ0) is 13.1. The van der Waals surface area contributed by atoms with Crippen molar-refractivity contribution in [2.75, 3.05) is 0 Å². The van der Waals surface area contributed by atoms with E-state index in [9.17, 15) is 5.11 Å².